The van der Waals surface area contributed by atoms with Gasteiger partial charge in [0.05, 0.1) is 12.2 Å². The van der Waals surface area contributed by atoms with Crippen molar-refractivity contribution in [1.29, 1.82) is 0 Å². The Balaban J connectivity index is 2.29. The summed E-state index contributed by atoms with van der Waals surface area (Å²) in [7, 11) is -0.0174. The molecule has 0 bridgehead atoms. The molecule has 1 rings (SSSR count). The summed E-state index contributed by atoms with van der Waals surface area (Å²) < 4.78 is 11.0. The molecular formula is C8H15BO2. The predicted molar refractivity (Wildman–Crippen MR) is 46.5 cm³/mol. The van der Waals surface area contributed by atoms with Crippen LogP contribution in [0.3, 0.4) is 0 Å². The second kappa shape index (κ2) is 3.93. The Hall–Kier alpha value is -0.275. The van der Waals surface area contributed by atoms with Crippen molar-refractivity contribution in [3.8, 4) is 0 Å². The fraction of sp³-hybridized carbons (Fsp3) is 0.750. The Bertz CT molecular complexity index is 137. The molecule has 0 spiro atoms. The highest BCUT2D eigenvalue weighted by Crippen LogP contribution is 2.17. The first-order valence-electron chi connectivity index (χ1n) is 4.16. The van der Waals surface area contributed by atoms with E-state index in [0.717, 1.165) is 6.32 Å². The van der Waals surface area contributed by atoms with Gasteiger partial charge in [-0.1, -0.05) is 12.2 Å². The van der Waals surface area contributed by atoms with Gasteiger partial charge in [0.15, 0.2) is 0 Å². The van der Waals surface area contributed by atoms with Gasteiger partial charge in [0.25, 0.3) is 0 Å². The molecule has 0 aromatic heterocycles. The minimum absolute atomic E-state index is 0.0174. The fourth-order valence-corrected chi connectivity index (χ4v) is 1.09. The lowest BCUT2D eigenvalue weighted by molar-refractivity contribution is 0.187. The van der Waals surface area contributed by atoms with E-state index in [-0.39, 0.29) is 19.3 Å². The van der Waals surface area contributed by atoms with Crippen LogP contribution in [0, 0.1) is 0 Å². The van der Waals surface area contributed by atoms with Crippen molar-refractivity contribution < 1.29 is 9.31 Å². The van der Waals surface area contributed by atoms with Gasteiger partial charge in [-0.2, -0.15) is 0 Å². The summed E-state index contributed by atoms with van der Waals surface area (Å²) in [6, 6.07) is 0. The zero-order valence-corrected chi connectivity index (χ0v) is 7.41. The largest absolute Gasteiger partial charge is 0.461 e. The minimum atomic E-state index is -0.0174. The topological polar surface area (TPSA) is 18.5 Å². The molecule has 1 heterocycles. The molecule has 1 aliphatic heterocycles. The van der Waals surface area contributed by atoms with Crippen LogP contribution in [-0.4, -0.2) is 19.3 Å². The van der Waals surface area contributed by atoms with Crippen LogP contribution >= 0.6 is 0 Å². The average Bonchev–Trinajstić information content (AvgIpc) is 2.28. The first kappa shape index (κ1) is 8.82. The lowest BCUT2D eigenvalue weighted by Crippen LogP contribution is -2.13. The number of hydrogen-bond donors (Lipinski definition) is 0. The molecule has 2 atom stereocenters. The molecule has 0 amide bonds. The van der Waals surface area contributed by atoms with E-state index in [1.807, 2.05) is 26.8 Å². The lowest BCUT2D eigenvalue weighted by Gasteiger charge is -2.04. The van der Waals surface area contributed by atoms with Crippen LogP contribution in [0.5, 0.6) is 0 Å². The van der Waals surface area contributed by atoms with E-state index in [1.165, 1.54) is 0 Å². The molecule has 1 fully saturated rings. The van der Waals surface area contributed by atoms with E-state index >= 15 is 0 Å². The van der Waals surface area contributed by atoms with Crippen LogP contribution in [0.15, 0.2) is 12.2 Å². The van der Waals surface area contributed by atoms with Crippen molar-refractivity contribution in [2.45, 2.75) is 39.3 Å². The van der Waals surface area contributed by atoms with E-state index in [2.05, 4.69) is 6.08 Å². The van der Waals surface area contributed by atoms with E-state index in [1.54, 1.807) is 0 Å². The Kier molecular flexibility index (Phi) is 3.15. The monoisotopic (exact) mass is 154 g/mol. The van der Waals surface area contributed by atoms with E-state index < -0.39 is 0 Å². The quantitative estimate of drug-likeness (QED) is 0.446. The van der Waals surface area contributed by atoms with Crippen LogP contribution in [0.25, 0.3) is 0 Å². The van der Waals surface area contributed by atoms with Gasteiger partial charge in [-0.25, -0.2) is 0 Å². The molecule has 11 heavy (non-hydrogen) atoms. The van der Waals surface area contributed by atoms with Gasteiger partial charge in [0.2, 0.25) is 0 Å². The lowest BCUT2D eigenvalue weighted by atomic mass is 9.85. The highest BCUT2D eigenvalue weighted by molar-refractivity contribution is 6.45. The Morgan fingerprint density at radius 3 is 2.27 bits per heavy atom. The minimum Gasteiger partial charge on any atom is -0.406 e. The molecule has 1 saturated heterocycles. The number of hydrogen-bond acceptors (Lipinski definition) is 2. The zero-order chi connectivity index (χ0) is 8.27. The van der Waals surface area contributed by atoms with Gasteiger partial charge in [-0.05, 0) is 20.8 Å². The van der Waals surface area contributed by atoms with Gasteiger partial charge in [0.1, 0.15) is 0 Å². The SMILES string of the molecule is C/C=C/CB1OC(C)C(C)O1. The average molecular weight is 154 g/mol. The summed E-state index contributed by atoms with van der Waals surface area (Å²) in [4.78, 5) is 0. The Labute approximate surface area is 68.7 Å². The van der Waals surface area contributed by atoms with Crippen molar-refractivity contribution >= 4 is 7.12 Å². The van der Waals surface area contributed by atoms with Gasteiger partial charge in [0, 0.05) is 6.32 Å². The van der Waals surface area contributed by atoms with E-state index in [4.69, 9.17) is 9.31 Å². The molecule has 0 aromatic carbocycles. The molecule has 0 radical (unpaired) electrons. The summed E-state index contributed by atoms with van der Waals surface area (Å²) in [5.41, 5.74) is 0. The summed E-state index contributed by atoms with van der Waals surface area (Å²) in [5, 5.41) is 0. The first-order chi connectivity index (χ1) is 5.24. The smallest absolute Gasteiger partial charge is 0.406 e. The third-order valence-corrected chi connectivity index (χ3v) is 1.96. The van der Waals surface area contributed by atoms with Crippen LogP contribution in [0.4, 0.5) is 0 Å². The molecule has 62 valence electrons. The standard InChI is InChI=1S/C8H15BO2/c1-4-5-6-9-10-7(2)8(3)11-9/h4-5,7-8H,6H2,1-3H3/b5-4+. The van der Waals surface area contributed by atoms with Gasteiger partial charge >= 0.3 is 7.12 Å². The zero-order valence-electron chi connectivity index (χ0n) is 7.41. The maximum absolute atomic E-state index is 5.50. The molecule has 0 aliphatic carbocycles. The molecular weight excluding hydrogens is 139 g/mol. The molecule has 0 N–H and O–H groups in total. The third kappa shape index (κ3) is 2.35. The second-order valence-corrected chi connectivity index (χ2v) is 2.92. The van der Waals surface area contributed by atoms with Crippen LogP contribution < -0.4 is 0 Å². The first-order valence-corrected chi connectivity index (χ1v) is 4.16. The molecule has 1 aliphatic rings. The van der Waals surface area contributed by atoms with E-state index in [0.29, 0.717) is 0 Å². The van der Waals surface area contributed by atoms with Crippen molar-refractivity contribution in [3.63, 3.8) is 0 Å². The fourth-order valence-electron chi connectivity index (χ4n) is 1.09. The van der Waals surface area contributed by atoms with Crippen molar-refractivity contribution in [3.05, 3.63) is 12.2 Å². The van der Waals surface area contributed by atoms with Gasteiger partial charge in [-0.15, -0.1) is 0 Å². The maximum Gasteiger partial charge on any atom is 0.461 e. The summed E-state index contributed by atoms with van der Waals surface area (Å²) in [6.45, 7) is 6.09. The van der Waals surface area contributed by atoms with Crippen molar-refractivity contribution in [2.24, 2.45) is 0 Å². The molecule has 3 heteroatoms. The number of rotatable bonds is 2. The van der Waals surface area contributed by atoms with Crippen LogP contribution in [0.1, 0.15) is 20.8 Å². The molecule has 0 aromatic rings. The van der Waals surface area contributed by atoms with Crippen molar-refractivity contribution in [2.75, 3.05) is 0 Å². The third-order valence-electron chi connectivity index (χ3n) is 1.96. The van der Waals surface area contributed by atoms with Gasteiger partial charge < -0.3 is 9.31 Å². The van der Waals surface area contributed by atoms with Crippen LogP contribution in [-0.2, 0) is 9.31 Å². The van der Waals surface area contributed by atoms with E-state index in [9.17, 15) is 0 Å². The summed E-state index contributed by atoms with van der Waals surface area (Å²) >= 11 is 0. The van der Waals surface area contributed by atoms with Crippen molar-refractivity contribution in [1.82, 2.24) is 0 Å². The molecule has 0 saturated carbocycles. The molecule has 2 unspecified atom stereocenters. The number of allylic oxidation sites excluding steroid dienone is 2. The maximum atomic E-state index is 5.50. The highest BCUT2D eigenvalue weighted by atomic mass is 16.6. The summed E-state index contributed by atoms with van der Waals surface area (Å²) in [6.07, 6.45) is 5.43. The normalized spacial score (nSPS) is 32.1. The second-order valence-electron chi connectivity index (χ2n) is 2.92. The highest BCUT2D eigenvalue weighted by Gasteiger charge is 2.32. The Morgan fingerprint density at radius 1 is 1.27 bits per heavy atom. The van der Waals surface area contributed by atoms with Gasteiger partial charge in [-0.3, -0.25) is 0 Å². The summed E-state index contributed by atoms with van der Waals surface area (Å²) in [5.74, 6) is 0. The molecule has 2 nitrogen and oxygen atoms in total. The van der Waals surface area contributed by atoms with Crippen LogP contribution in [0.2, 0.25) is 6.32 Å². The predicted octanol–water partition coefficient (Wildman–Crippen LogP) is 1.87. The Morgan fingerprint density at radius 2 is 1.82 bits per heavy atom.